The zero-order valence-electron chi connectivity index (χ0n) is 19.5. The van der Waals surface area contributed by atoms with E-state index >= 15 is 0 Å². The van der Waals surface area contributed by atoms with Gasteiger partial charge >= 0.3 is 5.69 Å². The number of nitrogens with one attached hydrogen (secondary N) is 1. The highest BCUT2D eigenvalue weighted by Gasteiger charge is 2.74. The fourth-order valence-electron chi connectivity index (χ4n) is 6.76. The van der Waals surface area contributed by atoms with Crippen LogP contribution in [0, 0.1) is 35.8 Å². The molecule has 4 heterocycles. The highest BCUT2D eigenvalue weighted by molar-refractivity contribution is 6.26. The van der Waals surface area contributed by atoms with Gasteiger partial charge in [-0.2, -0.15) is 0 Å². The van der Waals surface area contributed by atoms with E-state index in [-0.39, 0.29) is 35.0 Å². The molecule has 0 aromatic heterocycles. The molecule has 4 aliphatic rings. The second-order valence-electron chi connectivity index (χ2n) is 9.76. The predicted molar refractivity (Wildman–Crippen MR) is 125 cm³/mol. The van der Waals surface area contributed by atoms with Crippen molar-refractivity contribution in [2.75, 3.05) is 23.9 Å². The summed E-state index contributed by atoms with van der Waals surface area (Å²) in [5, 5.41) is 14.4. The van der Waals surface area contributed by atoms with Crippen molar-refractivity contribution in [2.24, 2.45) is 11.8 Å². The number of carbonyl (C=O) groups is 3. The first-order chi connectivity index (χ1) is 16.7. The minimum atomic E-state index is -1.26. The van der Waals surface area contributed by atoms with Crippen LogP contribution in [0.3, 0.4) is 0 Å². The number of nitro benzene ring substituents is 1. The van der Waals surface area contributed by atoms with Gasteiger partial charge in [-0.05, 0) is 44.9 Å². The van der Waals surface area contributed by atoms with Crippen LogP contribution in [-0.4, -0.2) is 47.2 Å². The zero-order valence-corrected chi connectivity index (χ0v) is 19.5. The molecule has 0 aliphatic carbocycles. The predicted octanol–water partition coefficient (Wildman–Crippen LogP) is 2.65. The zero-order chi connectivity index (χ0) is 24.8. The number of hydrogen-bond donors (Lipinski definition) is 1. The number of carbonyl (C=O) groups excluding carboxylic acids is 3. The minimum Gasteiger partial charge on any atom is -0.490 e. The molecule has 10 heteroatoms. The van der Waals surface area contributed by atoms with Gasteiger partial charge < -0.3 is 10.1 Å². The van der Waals surface area contributed by atoms with Crippen molar-refractivity contribution in [3.05, 3.63) is 57.1 Å². The van der Waals surface area contributed by atoms with Crippen molar-refractivity contribution in [3.63, 3.8) is 0 Å². The third kappa shape index (κ3) is 2.54. The first-order valence-electron chi connectivity index (χ1n) is 11.6. The molecule has 0 bridgehead atoms. The number of fused-ring (bicyclic) bond motifs is 7. The van der Waals surface area contributed by atoms with Gasteiger partial charge in [-0.1, -0.05) is 17.7 Å². The number of nitro groups is 1. The Bertz CT molecular complexity index is 1360. The number of rotatable bonds is 3. The van der Waals surface area contributed by atoms with E-state index in [0.717, 1.165) is 22.4 Å². The van der Waals surface area contributed by atoms with E-state index in [1.807, 2.05) is 25.1 Å². The van der Waals surface area contributed by atoms with Crippen molar-refractivity contribution in [1.82, 2.24) is 4.90 Å². The van der Waals surface area contributed by atoms with Crippen LogP contribution >= 0.6 is 0 Å². The monoisotopic (exact) mass is 476 g/mol. The molecule has 180 valence electrons. The Morgan fingerprint density at radius 3 is 2.63 bits per heavy atom. The summed E-state index contributed by atoms with van der Waals surface area (Å²) in [7, 11) is 1.30. The molecule has 2 aromatic carbocycles. The van der Waals surface area contributed by atoms with E-state index in [4.69, 9.17) is 4.74 Å². The molecule has 3 amide bonds. The average molecular weight is 476 g/mol. The van der Waals surface area contributed by atoms with Gasteiger partial charge in [-0.25, -0.2) is 4.90 Å². The van der Waals surface area contributed by atoms with Gasteiger partial charge in [0.05, 0.1) is 29.6 Å². The Balaban J connectivity index is 1.54. The molecule has 2 aromatic rings. The number of amides is 3. The van der Waals surface area contributed by atoms with E-state index < -0.39 is 28.2 Å². The Kier molecular flexibility index (Phi) is 4.41. The van der Waals surface area contributed by atoms with Crippen molar-refractivity contribution in [3.8, 4) is 5.75 Å². The Morgan fingerprint density at radius 2 is 1.91 bits per heavy atom. The van der Waals surface area contributed by atoms with E-state index in [1.54, 1.807) is 6.92 Å². The van der Waals surface area contributed by atoms with Crippen molar-refractivity contribution in [1.29, 1.82) is 0 Å². The minimum absolute atomic E-state index is 0.0370. The van der Waals surface area contributed by atoms with E-state index in [2.05, 4.69) is 10.2 Å². The normalized spacial score (nSPS) is 28.9. The molecule has 0 saturated carbocycles. The fraction of sp³-hybridized carbons (Fsp3) is 0.400. The van der Waals surface area contributed by atoms with Gasteiger partial charge in [-0.15, -0.1) is 0 Å². The van der Waals surface area contributed by atoms with Crippen LogP contribution in [0.25, 0.3) is 0 Å². The maximum Gasteiger partial charge on any atom is 0.311 e. The second kappa shape index (κ2) is 7.11. The number of nitrogens with zero attached hydrogens (tertiary/aromatic N) is 3. The molecule has 10 nitrogen and oxygen atoms in total. The number of methoxy groups -OCH3 is 1. The maximum absolute atomic E-state index is 14.1. The summed E-state index contributed by atoms with van der Waals surface area (Å²) in [6.07, 6.45) is 1.54. The molecule has 1 spiro atoms. The van der Waals surface area contributed by atoms with Crippen molar-refractivity contribution in [2.45, 2.75) is 38.3 Å². The molecule has 3 saturated heterocycles. The van der Waals surface area contributed by atoms with Crippen LogP contribution in [0.5, 0.6) is 5.75 Å². The van der Waals surface area contributed by atoms with Gasteiger partial charge in [-0.3, -0.25) is 29.4 Å². The lowest BCUT2D eigenvalue weighted by Gasteiger charge is -2.36. The lowest BCUT2D eigenvalue weighted by molar-refractivity contribution is -0.385. The Morgan fingerprint density at radius 1 is 1.14 bits per heavy atom. The van der Waals surface area contributed by atoms with Gasteiger partial charge in [0.25, 0.3) is 0 Å². The SMILES string of the molecule is COc1cc(N2C(=O)[C@H]3[C@@H](C2=O)[C@@]2(C(=O)Nc4ccc(C)cc42)N2CCC[C@@H]32)c(C)cc1[N+](=O)[O-]. The number of benzene rings is 2. The molecule has 0 radical (unpaired) electrons. The van der Waals surface area contributed by atoms with Crippen LogP contribution in [0.1, 0.15) is 29.5 Å². The highest BCUT2D eigenvalue weighted by atomic mass is 16.6. The maximum atomic E-state index is 14.1. The first-order valence-corrected chi connectivity index (χ1v) is 11.6. The molecular weight excluding hydrogens is 452 g/mol. The van der Waals surface area contributed by atoms with Crippen LogP contribution in [0.15, 0.2) is 30.3 Å². The molecule has 4 atom stereocenters. The summed E-state index contributed by atoms with van der Waals surface area (Å²) in [4.78, 5) is 55.8. The molecule has 3 fully saturated rings. The van der Waals surface area contributed by atoms with Crippen LogP contribution in [0.4, 0.5) is 17.1 Å². The number of hydrogen-bond acceptors (Lipinski definition) is 7. The number of aryl methyl sites for hydroxylation is 2. The molecular formula is C25H24N4O6. The highest BCUT2D eigenvalue weighted by Crippen LogP contribution is 2.61. The van der Waals surface area contributed by atoms with Gasteiger partial charge in [0.1, 0.15) is 5.54 Å². The summed E-state index contributed by atoms with van der Waals surface area (Å²) >= 11 is 0. The summed E-state index contributed by atoms with van der Waals surface area (Å²) < 4.78 is 5.20. The Labute approximate surface area is 201 Å². The van der Waals surface area contributed by atoms with Crippen LogP contribution in [0.2, 0.25) is 0 Å². The quantitative estimate of drug-likeness (QED) is 0.411. The topological polar surface area (TPSA) is 122 Å². The summed E-state index contributed by atoms with van der Waals surface area (Å²) in [6.45, 7) is 4.18. The Hall–Kier alpha value is -3.79. The van der Waals surface area contributed by atoms with Crippen LogP contribution in [-0.2, 0) is 19.9 Å². The lowest BCUT2D eigenvalue weighted by atomic mass is 9.75. The molecule has 1 N–H and O–H groups in total. The number of ether oxygens (including phenoxy) is 1. The van der Waals surface area contributed by atoms with Gasteiger partial charge in [0.2, 0.25) is 17.7 Å². The third-order valence-electron chi connectivity index (χ3n) is 8.08. The van der Waals surface area contributed by atoms with E-state index in [0.29, 0.717) is 24.2 Å². The molecule has 0 unspecified atom stereocenters. The molecule has 4 aliphatic heterocycles. The third-order valence-corrected chi connectivity index (χ3v) is 8.08. The molecule has 35 heavy (non-hydrogen) atoms. The second-order valence-corrected chi connectivity index (χ2v) is 9.76. The summed E-state index contributed by atoms with van der Waals surface area (Å²) in [5.74, 6) is -2.71. The van der Waals surface area contributed by atoms with Gasteiger partial charge in [0, 0.05) is 29.4 Å². The largest absolute Gasteiger partial charge is 0.490 e. The summed E-state index contributed by atoms with van der Waals surface area (Å²) in [6, 6.07) is 8.13. The van der Waals surface area contributed by atoms with E-state index in [9.17, 15) is 24.5 Å². The summed E-state index contributed by atoms with van der Waals surface area (Å²) in [5.41, 5.74) is 1.52. The molecule has 6 rings (SSSR count). The average Bonchev–Trinajstić information content (AvgIpc) is 3.52. The van der Waals surface area contributed by atoms with Crippen LogP contribution < -0.4 is 15.0 Å². The first kappa shape index (κ1) is 21.7. The standard InChI is InChI=1S/C25H24N4O6/c1-12-6-7-15-14(9-12)25(24(32)26-15)21-20(16-5-4-8-27(16)25)22(30)28(23(21)31)17-11-19(35-3)18(29(33)34)10-13(17)2/h6-7,9-11,16,20-21H,4-5,8H2,1-3H3,(H,26,32)/t16-,20+,21-,25-/m0/s1. The lowest BCUT2D eigenvalue weighted by Crippen LogP contribution is -2.54. The number of imide groups is 1. The number of anilines is 2. The smallest absolute Gasteiger partial charge is 0.311 e. The van der Waals surface area contributed by atoms with Crippen molar-refractivity contribution < 1.29 is 24.0 Å². The fourth-order valence-corrected chi connectivity index (χ4v) is 6.76. The van der Waals surface area contributed by atoms with Gasteiger partial charge in [0.15, 0.2) is 5.75 Å². The van der Waals surface area contributed by atoms with E-state index in [1.165, 1.54) is 19.2 Å². The van der Waals surface area contributed by atoms with Crippen molar-refractivity contribution >= 4 is 34.8 Å².